The van der Waals surface area contributed by atoms with E-state index < -0.39 is 11.7 Å². The molecular weight excluding hydrogens is 409 g/mol. The number of piperidine rings is 1. The van der Waals surface area contributed by atoms with Crippen LogP contribution in [-0.2, 0) is 11.0 Å². The Bertz CT molecular complexity index is 962. The molecule has 0 aliphatic carbocycles. The monoisotopic (exact) mass is 434 g/mol. The van der Waals surface area contributed by atoms with Gasteiger partial charge in [-0.3, -0.25) is 4.79 Å². The van der Waals surface area contributed by atoms with Crippen molar-refractivity contribution < 1.29 is 18.0 Å². The SMILES string of the molecule is C=C(C)Nc1ccccc1Nc1nc(N[C@H]2CCCN(C(C)=O)C2)ncc1C(F)(F)F. The number of likely N-dealkylation sites (tertiary alicyclic amines) is 1. The van der Waals surface area contributed by atoms with Crippen molar-refractivity contribution in [2.45, 2.75) is 38.9 Å². The second-order valence-electron chi connectivity index (χ2n) is 7.48. The van der Waals surface area contributed by atoms with E-state index in [9.17, 15) is 18.0 Å². The number of rotatable bonds is 6. The van der Waals surface area contributed by atoms with Gasteiger partial charge in [-0.05, 0) is 31.9 Å². The summed E-state index contributed by atoms with van der Waals surface area (Å²) >= 11 is 0. The molecule has 0 unspecified atom stereocenters. The summed E-state index contributed by atoms with van der Waals surface area (Å²) in [4.78, 5) is 21.3. The van der Waals surface area contributed by atoms with Gasteiger partial charge in [-0.1, -0.05) is 18.7 Å². The minimum absolute atomic E-state index is 0.0381. The summed E-state index contributed by atoms with van der Waals surface area (Å²) in [7, 11) is 0. The molecular formula is C21H25F3N6O. The topological polar surface area (TPSA) is 82.2 Å². The fourth-order valence-electron chi connectivity index (χ4n) is 3.38. The second-order valence-corrected chi connectivity index (χ2v) is 7.48. The molecule has 31 heavy (non-hydrogen) atoms. The van der Waals surface area contributed by atoms with Crippen molar-refractivity contribution >= 4 is 29.0 Å². The minimum atomic E-state index is -4.63. The smallest absolute Gasteiger partial charge is 0.358 e. The number of carbonyl (C=O) groups excluding carboxylic acids is 1. The first-order chi connectivity index (χ1) is 14.6. The largest absolute Gasteiger partial charge is 0.421 e. The van der Waals surface area contributed by atoms with Gasteiger partial charge in [0.2, 0.25) is 11.9 Å². The highest BCUT2D eigenvalue weighted by molar-refractivity contribution is 5.75. The maximum absolute atomic E-state index is 13.6. The van der Waals surface area contributed by atoms with Gasteiger partial charge in [-0.15, -0.1) is 0 Å². The standard InChI is InChI=1S/C21H25F3N6O/c1-13(2)26-17-8-4-5-9-18(17)28-19-16(21(22,23)24)11-25-20(29-19)27-15-7-6-10-30(12-15)14(3)31/h4-5,8-9,11,15,26H,1,6-7,10,12H2,2-3H3,(H2,25,27,28,29)/t15-/m0/s1. The third-order valence-corrected chi connectivity index (χ3v) is 4.82. The Labute approximate surface area is 178 Å². The van der Waals surface area contributed by atoms with E-state index in [0.717, 1.165) is 19.0 Å². The molecule has 1 aliphatic heterocycles. The molecule has 0 radical (unpaired) electrons. The van der Waals surface area contributed by atoms with Crippen LogP contribution in [0.2, 0.25) is 0 Å². The van der Waals surface area contributed by atoms with Crippen molar-refractivity contribution in [2.75, 3.05) is 29.0 Å². The molecule has 1 fully saturated rings. The van der Waals surface area contributed by atoms with Crippen LogP contribution in [0, 0.1) is 0 Å². The number of carbonyl (C=O) groups is 1. The van der Waals surface area contributed by atoms with Crippen molar-refractivity contribution in [2.24, 2.45) is 0 Å². The number of anilines is 4. The van der Waals surface area contributed by atoms with Crippen LogP contribution >= 0.6 is 0 Å². The fraction of sp³-hybridized carbons (Fsp3) is 0.381. The third kappa shape index (κ3) is 5.87. The molecule has 166 valence electrons. The Morgan fingerprint density at radius 3 is 2.58 bits per heavy atom. The van der Waals surface area contributed by atoms with Gasteiger partial charge in [0.25, 0.3) is 0 Å². The molecule has 10 heteroatoms. The van der Waals surface area contributed by atoms with Crippen LogP contribution in [0.5, 0.6) is 0 Å². The molecule has 1 atom stereocenters. The maximum Gasteiger partial charge on any atom is 0.421 e. The zero-order chi connectivity index (χ0) is 22.6. The zero-order valence-corrected chi connectivity index (χ0v) is 17.4. The molecule has 0 saturated carbocycles. The zero-order valence-electron chi connectivity index (χ0n) is 17.4. The third-order valence-electron chi connectivity index (χ3n) is 4.82. The van der Waals surface area contributed by atoms with E-state index in [1.807, 2.05) is 0 Å². The van der Waals surface area contributed by atoms with Crippen LogP contribution < -0.4 is 16.0 Å². The van der Waals surface area contributed by atoms with Gasteiger partial charge in [-0.2, -0.15) is 18.2 Å². The minimum Gasteiger partial charge on any atom is -0.358 e. The quantitative estimate of drug-likeness (QED) is 0.616. The molecule has 7 nitrogen and oxygen atoms in total. The van der Waals surface area contributed by atoms with E-state index in [1.165, 1.54) is 6.92 Å². The Kier molecular flexibility index (Phi) is 6.67. The predicted octanol–water partition coefficient (Wildman–Crippen LogP) is 4.61. The van der Waals surface area contributed by atoms with E-state index in [0.29, 0.717) is 30.2 Å². The average Bonchev–Trinajstić information content (AvgIpc) is 2.68. The summed E-state index contributed by atoms with van der Waals surface area (Å²) in [5.74, 6) is -0.333. The molecule has 1 saturated heterocycles. The average molecular weight is 434 g/mol. The number of hydrogen-bond acceptors (Lipinski definition) is 6. The molecule has 0 spiro atoms. The molecule has 0 bridgehead atoms. The number of halogens is 3. The van der Waals surface area contributed by atoms with Crippen molar-refractivity contribution in [1.82, 2.24) is 14.9 Å². The Balaban J connectivity index is 1.88. The lowest BCUT2D eigenvalue weighted by molar-refractivity contribution is -0.137. The molecule has 1 aromatic carbocycles. The number of alkyl halides is 3. The molecule has 2 heterocycles. The maximum atomic E-state index is 13.6. The molecule has 3 N–H and O–H groups in total. The molecule has 1 aromatic heterocycles. The lowest BCUT2D eigenvalue weighted by atomic mass is 10.1. The summed E-state index contributed by atoms with van der Waals surface area (Å²) in [6.07, 6.45) is -2.31. The molecule has 1 amide bonds. The van der Waals surface area contributed by atoms with Gasteiger partial charge in [-0.25, -0.2) is 4.98 Å². The normalized spacial score (nSPS) is 16.5. The first kappa shape index (κ1) is 22.4. The van der Waals surface area contributed by atoms with Crippen molar-refractivity contribution in [3.63, 3.8) is 0 Å². The van der Waals surface area contributed by atoms with Crippen molar-refractivity contribution in [3.8, 4) is 0 Å². The Morgan fingerprint density at radius 1 is 1.23 bits per heavy atom. The number of para-hydroxylation sites is 2. The van der Waals surface area contributed by atoms with Crippen molar-refractivity contribution in [1.29, 1.82) is 0 Å². The summed E-state index contributed by atoms with van der Waals surface area (Å²) in [5, 5.41) is 8.86. The second kappa shape index (κ2) is 9.23. The lowest BCUT2D eigenvalue weighted by Crippen LogP contribution is -2.44. The van der Waals surface area contributed by atoms with Crippen LogP contribution in [0.1, 0.15) is 32.3 Å². The number of benzene rings is 1. The van der Waals surface area contributed by atoms with Gasteiger partial charge in [0.1, 0.15) is 11.4 Å². The highest BCUT2D eigenvalue weighted by Crippen LogP contribution is 2.36. The van der Waals surface area contributed by atoms with Gasteiger partial charge >= 0.3 is 6.18 Å². The van der Waals surface area contributed by atoms with Gasteiger partial charge in [0, 0.05) is 37.9 Å². The number of nitrogens with zero attached hydrogens (tertiary/aromatic N) is 3. The van der Waals surface area contributed by atoms with Crippen LogP contribution in [0.3, 0.4) is 0 Å². The highest BCUT2D eigenvalue weighted by Gasteiger charge is 2.35. The lowest BCUT2D eigenvalue weighted by Gasteiger charge is -2.32. The summed E-state index contributed by atoms with van der Waals surface area (Å²) in [6.45, 7) is 8.13. The Hall–Kier alpha value is -3.30. The van der Waals surface area contributed by atoms with Gasteiger partial charge in [0.15, 0.2) is 0 Å². The van der Waals surface area contributed by atoms with Crippen molar-refractivity contribution in [3.05, 3.63) is 48.3 Å². The molecule has 3 rings (SSSR count). The van der Waals surface area contributed by atoms with E-state index in [1.54, 1.807) is 36.1 Å². The summed E-state index contributed by atoms with van der Waals surface area (Å²) in [6, 6.07) is 6.70. The number of hydrogen-bond donors (Lipinski definition) is 3. The molecule has 1 aliphatic rings. The summed E-state index contributed by atoms with van der Waals surface area (Å²) < 4.78 is 40.7. The van der Waals surface area contributed by atoms with Gasteiger partial charge in [0.05, 0.1) is 11.4 Å². The predicted molar refractivity (Wildman–Crippen MR) is 114 cm³/mol. The van der Waals surface area contributed by atoms with Crippen LogP contribution in [-0.4, -0.2) is 39.9 Å². The van der Waals surface area contributed by atoms with Crippen LogP contribution in [0.4, 0.5) is 36.3 Å². The van der Waals surface area contributed by atoms with E-state index in [-0.39, 0.29) is 23.7 Å². The highest BCUT2D eigenvalue weighted by atomic mass is 19.4. The number of nitrogens with one attached hydrogen (secondary N) is 3. The van der Waals surface area contributed by atoms with Crippen LogP contribution in [0.15, 0.2) is 42.7 Å². The van der Waals surface area contributed by atoms with E-state index >= 15 is 0 Å². The molecule has 2 aromatic rings. The fourth-order valence-corrected chi connectivity index (χ4v) is 3.38. The summed E-state index contributed by atoms with van der Waals surface area (Å²) in [5.41, 5.74) is 0.654. The number of aromatic nitrogens is 2. The van der Waals surface area contributed by atoms with Crippen LogP contribution in [0.25, 0.3) is 0 Å². The van der Waals surface area contributed by atoms with Gasteiger partial charge < -0.3 is 20.9 Å². The van der Waals surface area contributed by atoms with E-state index in [2.05, 4.69) is 32.5 Å². The van der Waals surface area contributed by atoms with E-state index in [4.69, 9.17) is 0 Å². The number of amides is 1. The number of allylic oxidation sites excluding steroid dienone is 1. The first-order valence-corrected chi connectivity index (χ1v) is 9.88. The Morgan fingerprint density at radius 2 is 1.94 bits per heavy atom. The first-order valence-electron chi connectivity index (χ1n) is 9.88.